The minimum atomic E-state index is -0.682. The van der Waals surface area contributed by atoms with Crippen molar-refractivity contribution < 1.29 is 10.0 Å². The Kier molecular flexibility index (Phi) is 4.43. The third kappa shape index (κ3) is 3.47. The second-order valence-corrected chi connectivity index (χ2v) is 5.94. The van der Waals surface area contributed by atoms with Gasteiger partial charge in [-0.3, -0.25) is 14.9 Å². The van der Waals surface area contributed by atoms with Crippen LogP contribution in [-0.4, -0.2) is 20.0 Å². The number of aliphatic hydroxyl groups excluding tert-OH is 1. The zero-order chi connectivity index (χ0) is 18.1. The number of nitrogens with one attached hydrogen (secondary N) is 1. The minimum Gasteiger partial charge on any atom is -0.507 e. The smallest absolute Gasteiger partial charge is 0.296 e. The number of fused-ring (bicyclic) bond motifs is 1. The van der Waals surface area contributed by atoms with Crippen molar-refractivity contribution in [2.24, 2.45) is 0 Å². The number of non-ortho nitro benzene ring substituents is 1. The van der Waals surface area contributed by atoms with E-state index in [4.69, 9.17) is 23.2 Å². The van der Waals surface area contributed by atoms with Crippen molar-refractivity contribution in [3.63, 3.8) is 0 Å². The summed E-state index contributed by atoms with van der Waals surface area (Å²) in [7, 11) is 0. The Morgan fingerprint density at radius 3 is 2.52 bits per heavy atom. The highest BCUT2D eigenvalue weighted by molar-refractivity contribution is 6.31. The molecule has 0 bridgehead atoms. The Hall–Kier alpha value is -2.90. The van der Waals surface area contributed by atoms with Gasteiger partial charge in [0.05, 0.1) is 10.4 Å². The number of aromatic amines is 1. The summed E-state index contributed by atoms with van der Waals surface area (Å²) in [6.07, 6.45) is 1.16. The number of nitro benzene ring substituents is 1. The molecule has 0 amide bonds. The zero-order valence-corrected chi connectivity index (χ0v) is 13.9. The van der Waals surface area contributed by atoms with E-state index in [9.17, 15) is 20.0 Å². The third-order valence-electron chi connectivity index (χ3n) is 3.38. The highest BCUT2D eigenvalue weighted by atomic mass is 35.5. The topological polar surface area (TPSA) is 109 Å². The molecule has 3 rings (SSSR count). The lowest BCUT2D eigenvalue weighted by Gasteiger charge is -2.03. The molecule has 7 nitrogen and oxygen atoms in total. The Balaban J connectivity index is 2.16. The van der Waals surface area contributed by atoms with Crippen molar-refractivity contribution in [2.45, 2.75) is 0 Å². The molecule has 25 heavy (non-hydrogen) atoms. The van der Waals surface area contributed by atoms with Gasteiger partial charge in [-0.15, -0.1) is 0 Å². The lowest BCUT2D eigenvalue weighted by molar-refractivity contribution is -0.383. The summed E-state index contributed by atoms with van der Waals surface area (Å²) in [6, 6.07) is 8.83. The molecular formula is C16H9Cl2N3O4. The molecule has 2 aromatic carbocycles. The van der Waals surface area contributed by atoms with Crippen molar-refractivity contribution in [2.75, 3.05) is 0 Å². The van der Waals surface area contributed by atoms with E-state index >= 15 is 0 Å². The van der Waals surface area contributed by atoms with Gasteiger partial charge in [0.1, 0.15) is 17.0 Å². The monoisotopic (exact) mass is 377 g/mol. The van der Waals surface area contributed by atoms with Crippen LogP contribution in [0.5, 0.6) is 0 Å². The van der Waals surface area contributed by atoms with Gasteiger partial charge in [-0.25, -0.2) is 4.98 Å². The number of hydrogen-bond acceptors (Lipinski definition) is 5. The second-order valence-electron chi connectivity index (χ2n) is 5.06. The molecule has 0 aliphatic heterocycles. The zero-order valence-electron chi connectivity index (χ0n) is 12.4. The quantitative estimate of drug-likeness (QED) is 0.403. The predicted molar refractivity (Wildman–Crippen MR) is 96.0 cm³/mol. The number of H-pyrrole nitrogens is 1. The molecule has 1 heterocycles. The van der Waals surface area contributed by atoms with Crippen molar-refractivity contribution in [3.8, 4) is 0 Å². The summed E-state index contributed by atoms with van der Waals surface area (Å²) in [5.74, 6) is -0.203. The van der Waals surface area contributed by atoms with Crippen molar-refractivity contribution >= 4 is 51.8 Å². The molecule has 0 spiro atoms. The van der Waals surface area contributed by atoms with E-state index in [1.807, 2.05) is 0 Å². The van der Waals surface area contributed by atoms with Gasteiger partial charge in [-0.05, 0) is 30.3 Å². The highest BCUT2D eigenvalue weighted by Crippen LogP contribution is 2.26. The number of benzene rings is 2. The maximum atomic E-state index is 12.2. The number of aromatic nitrogens is 2. The van der Waals surface area contributed by atoms with E-state index in [1.54, 1.807) is 24.3 Å². The van der Waals surface area contributed by atoms with Crippen LogP contribution in [0.4, 0.5) is 5.69 Å². The molecule has 0 saturated carbocycles. The van der Waals surface area contributed by atoms with Crippen LogP contribution in [0.1, 0.15) is 11.3 Å². The van der Waals surface area contributed by atoms with Crippen LogP contribution < -0.4 is 5.56 Å². The van der Waals surface area contributed by atoms with Gasteiger partial charge in [0.2, 0.25) is 0 Å². The third-order valence-corrected chi connectivity index (χ3v) is 3.85. The van der Waals surface area contributed by atoms with Crippen molar-refractivity contribution in [1.82, 2.24) is 9.97 Å². The van der Waals surface area contributed by atoms with Gasteiger partial charge >= 0.3 is 0 Å². The Labute approximate surface area is 150 Å². The lowest BCUT2D eigenvalue weighted by atomic mass is 10.1. The standard InChI is InChI=1S/C16H9Cl2N3O4/c17-9-3-1-8(2-4-9)14(22)7-12-16(23)20-15-11(19-12)5-10(18)6-13(15)21(24)25/h1-7,22H,(H,20,23). The van der Waals surface area contributed by atoms with Crippen LogP contribution >= 0.6 is 23.2 Å². The average molecular weight is 378 g/mol. The van der Waals surface area contributed by atoms with Gasteiger partial charge < -0.3 is 10.1 Å². The summed E-state index contributed by atoms with van der Waals surface area (Å²) in [5, 5.41) is 21.8. The number of nitro groups is 1. The maximum Gasteiger partial charge on any atom is 0.296 e. The number of hydrogen-bond donors (Lipinski definition) is 2. The predicted octanol–water partition coefficient (Wildman–Crippen LogP) is 4.19. The normalized spacial score (nSPS) is 11.7. The average Bonchev–Trinajstić information content (AvgIpc) is 2.55. The van der Waals surface area contributed by atoms with Gasteiger partial charge in [-0.2, -0.15) is 0 Å². The van der Waals surface area contributed by atoms with Crippen LogP contribution in [0.2, 0.25) is 10.0 Å². The van der Waals surface area contributed by atoms with Crippen LogP contribution in [0.25, 0.3) is 22.9 Å². The summed E-state index contributed by atoms with van der Waals surface area (Å²) in [5.41, 5.74) is -0.626. The van der Waals surface area contributed by atoms with Gasteiger partial charge in [0.15, 0.2) is 0 Å². The molecule has 9 heteroatoms. The highest BCUT2D eigenvalue weighted by Gasteiger charge is 2.17. The molecule has 2 N–H and O–H groups in total. The van der Waals surface area contributed by atoms with E-state index in [0.717, 1.165) is 12.1 Å². The van der Waals surface area contributed by atoms with Crippen LogP contribution in [0, 0.1) is 10.1 Å². The van der Waals surface area contributed by atoms with Gasteiger partial charge in [0, 0.05) is 27.8 Å². The maximum absolute atomic E-state index is 12.2. The van der Waals surface area contributed by atoms with E-state index in [0.29, 0.717) is 10.6 Å². The van der Waals surface area contributed by atoms with Crippen LogP contribution in [-0.2, 0) is 0 Å². The first kappa shape index (κ1) is 16.9. The van der Waals surface area contributed by atoms with Gasteiger partial charge in [0.25, 0.3) is 11.2 Å². The molecular weight excluding hydrogens is 369 g/mol. The fourth-order valence-electron chi connectivity index (χ4n) is 2.23. The van der Waals surface area contributed by atoms with Crippen LogP contribution in [0.15, 0.2) is 41.2 Å². The largest absolute Gasteiger partial charge is 0.507 e. The summed E-state index contributed by atoms with van der Waals surface area (Å²) >= 11 is 11.6. The van der Waals surface area contributed by atoms with E-state index < -0.39 is 10.5 Å². The van der Waals surface area contributed by atoms with Gasteiger partial charge in [-0.1, -0.05) is 23.2 Å². The summed E-state index contributed by atoms with van der Waals surface area (Å²) in [6.45, 7) is 0. The number of aliphatic hydroxyl groups is 1. The van der Waals surface area contributed by atoms with E-state index in [-0.39, 0.29) is 33.2 Å². The number of rotatable bonds is 3. The molecule has 0 atom stereocenters. The Morgan fingerprint density at radius 1 is 1.20 bits per heavy atom. The van der Waals surface area contributed by atoms with E-state index in [1.165, 1.54) is 6.07 Å². The molecule has 0 unspecified atom stereocenters. The molecule has 0 saturated heterocycles. The van der Waals surface area contributed by atoms with E-state index in [2.05, 4.69) is 9.97 Å². The second kappa shape index (κ2) is 6.54. The Bertz CT molecular complexity index is 1080. The lowest BCUT2D eigenvalue weighted by Crippen LogP contribution is -2.13. The van der Waals surface area contributed by atoms with Crippen LogP contribution in [0.3, 0.4) is 0 Å². The molecule has 126 valence electrons. The first-order valence-electron chi connectivity index (χ1n) is 6.90. The molecule has 0 fully saturated rings. The number of halogens is 2. The number of nitrogens with zero attached hydrogens (tertiary/aromatic N) is 2. The Morgan fingerprint density at radius 2 is 1.88 bits per heavy atom. The molecule has 1 aromatic heterocycles. The van der Waals surface area contributed by atoms with Crippen molar-refractivity contribution in [3.05, 3.63) is 78.2 Å². The first-order valence-corrected chi connectivity index (χ1v) is 7.65. The SMILES string of the molecule is O=c1[nH]c2c([N+](=O)[O-])cc(Cl)cc2nc1C=C(O)c1ccc(Cl)cc1. The fourth-order valence-corrected chi connectivity index (χ4v) is 2.56. The molecule has 0 radical (unpaired) electrons. The molecule has 3 aromatic rings. The first-order chi connectivity index (χ1) is 11.8. The molecule has 0 aliphatic carbocycles. The summed E-state index contributed by atoms with van der Waals surface area (Å²) in [4.78, 5) is 29.1. The molecule has 0 aliphatic rings. The minimum absolute atomic E-state index is 0.0393. The fraction of sp³-hybridized carbons (Fsp3) is 0. The van der Waals surface area contributed by atoms with Crippen molar-refractivity contribution in [1.29, 1.82) is 0 Å². The summed E-state index contributed by atoms with van der Waals surface area (Å²) < 4.78 is 0.